The third kappa shape index (κ3) is 4.59. The van der Waals surface area contributed by atoms with Crippen molar-refractivity contribution in [2.24, 2.45) is 11.8 Å². The zero-order chi connectivity index (χ0) is 12.8. The van der Waals surface area contributed by atoms with Gasteiger partial charge in [-0.25, -0.2) is 0 Å². The van der Waals surface area contributed by atoms with E-state index in [1.54, 1.807) is 0 Å². The van der Waals surface area contributed by atoms with E-state index in [1.807, 2.05) is 0 Å². The minimum atomic E-state index is 0.666. The van der Waals surface area contributed by atoms with Crippen molar-refractivity contribution in [2.75, 3.05) is 20.1 Å². The van der Waals surface area contributed by atoms with Crippen LogP contribution in [0.1, 0.15) is 53.4 Å². The van der Waals surface area contributed by atoms with E-state index in [1.165, 1.54) is 32.2 Å². The summed E-state index contributed by atoms with van der Waals surface area (Å²) in [7, 11) is 2.27. The molecule has 0 radical (unpaired) electrons. The van der Waals surface area contributed by atoms with Crippen molar-refractivity contribution >= 4 is 0 Å². The molecule has 0 bridgehead atoms. The minimum Gasteiger partial charge on any atom is -0.314 e. The lowest BCUT2D eigenvalue weighted by atomic mass is 9.76. The van der Waals surface area contributed by atoms with Crippen molar-refractivity contribution in [1.82, 2.24) is 10.2 Å². The van der Waals surface area contributed by atoms with E-state index in [4.69, 9.17) is 0 Å². The fourth-order valence-electron chi connectivity index (χ4n) is 3.05. The van der Waals surface area contributed by atoms with E-state index in [9.17, 15) is 0 Å². The van der Waals surface area contributed by atoms with Crippen LogP contribution in [0.25, 0.3) is 0 Å². The van der Waals surface area contributed by atoms with E-state index in [-0.39, 0.29) is 0 Å². The molecule has 1 fully saturated rings. The number of hydrogen-bond donors (Lipinski definition) is 1. The smallest absolute Gasteiger partial charge is 0.0108 e. The minimum absolute atomic E-state index is 0.666. The molecule has 1 N–H and O–H groups in total. The normalized spacial score (nSPS) is 30.2. The van der Waals surface area contributed by atoms with E-state index >= 15 is 0 Å². The highest BCUT2D eigenvalue weighted by Crippen LogP contribution is 2.32. The predicted octanol–water partition coefficient (Wildman–Crippen LogP) is 3.13. The molecule has 2 heteroatoms. The predicted molar refractivity (Wildman–Crippen MR) is 76.4 cm³/mol. The summed E-state index contributed by atoms with van der Waals surface area (Å²) in [6.45, 7) is 11.5. The van der Waals surface area contributed by atoms with Gasteiger partial charge in [-0.1, -0.05) is 20.3 Å². The highest BCUT2D eigenvalue weighted by molar-refractivity contribution is 4.86. The number of hydrogen-bond acceptors (Lipinski definition) is 2. The first-order chi connectivity index (χ1) is 8.08. The summed E-state index contributed by atoms with van der Waals surface area (Å²) >= 11 is 0. The van der Waals surface area contributed by atoms with Crippen LogP contribution >= 0.6 is 0 Å². The molecule has 1 saturated carbocycles. The summed E-state index contributed by atoms with van der Waals surface area (Å²) in [6.07, 6.45) is 5.59. The molecule has 1 rings (SSSR count). The van der Waals surface area contributed by atoms with E-state index in [2.05, 4.69) is 45.0 Å². The zero-order valence-corrected chi connectivity index (χ0v) is 12.5. The van der Waals surface area contributed by atoms with Crippen molar-refractivity contribution in [3.05, 3.63) is 0 Å². The molecule has 0 aromatic rings. The van der Waals surface area contributed by atoms with Crippen molar-refractivity contribution in [3.8, 4) is 0 Å². The second-order valence-corrected chi connectivity index (χ2v) is 6.04. The Balaban J connectivity index is 2.53. The van der Waals surface area contributed by atoms with Gasteiger partial charge in [0.2, 0.25) is 0 Å². The summed E-state index contributed by atoms with van der Waals surface area (Å²) in [5, 5.41) is 3.70. The van der Waals surface area contributed by atoms with Gasteiger partial charge in [0, 0.05) is 18.6 Å². The maximum absolute atomic E-state index is 3.70. The molecular weight excluding hydrogens is 208 g/mol. The van der Waals surface area contributed by atoms with Gasteiger partial charge < -0.3 is 10.2 Å². The van der Waals surface area contributed by atoms with Gasteiger partial charge in [-0.3, -0.25) is 0 Å². The molecule has 0 amide bonds. The van der Waals surface area contributed by atoms with Crippen LogP contribution in [0.5, 0.6) is 0 Å². The van der Waals surface area contributed by atoms with Gasteiger partial charge in [0.15, 0.2) is 0 Å². The second-order valence-electron chi connectivity index (χ2n) is 6.04. The van der Waals surface area contributed by atoms with Crippen molar-refractivity contribution in [2.45, 2.75) is 65.5 Å². The number of nitrogens with one attached hydrogen (secondary N) is 1. The Morgan fingerprint density at radius 3 is 2.47 bits per heavy atom. The molecular formula is C15H32N2. The summed E-state index contributed by atoms with van der Waals surface area (Å²) in [5.41, 5.74) is 0. The second kappa shape index (κ2) is 7.38. The van der Waals surface area contributed by atoms with Crippen LogP contribution in [-0.2, 0) is 0 Å². The summed E-state index contributed by atoms with van der Waals surface area (Å²) in [5.74, 6) is 1.82. The van der Waals surface area contributed by atoms with E-state index in [0.717, 1.165) is 24.4 Å². The molecule has 0 aromatic heterocycles. The van der Waals surface area contributed by atoms with Crippen molar-refractivity contribution in [3.63, 3.8) is 0 Å². The molecule has 1 aliphatic carbocycles. The molecule has 2 nitrogen and oxygen atoms in total. The number of rotatable bonds is 6. The first kappa shape index (κ1) is 15.0. The van der Waals surface area contributed by atoms with Gasteiger partial charge in [-0.2, -0.15) is 0 Å². The molecule has 3 unspecified atom stereocenters. The summed E-state index contributed by atoms with van der Waals surface area (Å²) < 4.78 is 0. The maximum atomic E-state index is 3.70. The Hall–Kier alpha value is -0.0800. The quantitative estimate of drug-likeness (QED) is 0.767. The topological polar surface area (TPSA) is 15.3 Å². The highest BCUT2D eigenvalue weighted by atomic mass is 15.1. The molecule has 102 valence electrons. The maximum Gasteiger partial charge on any atom is 0.0108 e. The average molecular weight is 240 g/mol. The third-order valence-electron chi connectivity index (χ3n) is 4.54. The first-order valence-electron chi connectivity index (χ1n) is 7.52. The lowest BCUT2D eigenvalue weighted by Crippen LogP contribution is -2.46. The Morgan fingerprint density at radius 2 is 1.94 bits per heavy atom. The van der Waals surface area contributed by atoms with Crippen molar-refractivity contribution < 1.29 is 0 Å². The van der Waals surface area contributed by atoms with Crippen LogP contribution < -0.4 is 5.32 Å². The van der Waals surface area contributed by atoms with Crippen molar-refractivity contribution in [1.29, 1.82) is 0 Å². The average Bonchev–Trinajstić information content (AvgIpc) is 2.31. The Bertz CT molecular complexity index is 203. The lowest BCUT2D eigenvalue weighted by Gasteiger charge is -2.39. The van der Waals surface area contributed by atoms with Crippen LogP contribution in [0.15, 0.2) is 0 Å². The highest BCUT2D eigenvalue weighted by Gasteiger charge is 2.30. The molecule has 0 aromatic carbocycles. The molecule has 3 atom stereocenters. The van der Waals surface area contributed by atoms with Gasteiger partial charge in [-0.05, 0) is 58.5 Å². The SMILES string of the molecule is CCNC1CCC(CC)CC1CN(C)C(C)C. The standard InChI is InChI=1S/C15H32N2/c1-6-13-8-9-15(16-7-2)14(10-13)11-17(5)12(3)4/h12-16H,6-11H2,1-5H3. The van der Waals surface area contributed by atoms with Crippen LogP contribution in [0.4, 0.5) is 0 Å². The van der Waals surface area contributed by atoms with Gasteiger partial charge in [0.1, 0.15) is 0 Å². The van der Waals surface area contributed by atoms with E-state index < -0.39 is 0 Å². The monoisotopic (exact) mass is 240 g/mol. The molecule has 17 heavy (non-hydrogen) atoms. The Labute approximate surface area is 108 Å². The van der Waals surface area contributed by atoms with E-state index in [0.29, 0.717) is 6.04 Å². The van der Waals surface area contributed by atoms with Crippen LogP contribution in [-0.4, -0.2) is 37.1 Å². The van der Waals surface area contributed by atoms with Gasteiger partial charge in [-0.15, -0.1) is 0 Å². The molecule has 0 aliphatic heterocycles. The third-order valence-corrected chi connectivity index (χ3v) is 4.54. The zero-order valence-electron chi connectivity index (χ0n) is 12.5. The van der Waals surface area contributed by atoms with Crippen LogP contribution in [0.3, 0.4) is 0 Å². The molecule has 0 saturated heterocycles. The van der Waals surface area contributed by atoms with Crippen LogP contribution in [0.2, 0.25) is 0 Å². The summed E-state index contributed by atoms with van der Waals surface area (Å²) in [4.78, 5) is 2.51. The Morgan fingerprint density at radius 1 is 1.24 bits per heavy atom. The van der Waals surface area contributed by atoms with Gasteiger partial charge >= 0.3 is 0 Å². The fourth-order valence-corrected chi connectivity index (χ4v) is 3.05. The van der Waals surface area contributed by atoms with Crippen LogP contribution in [0, 0.1) is 11.8 Å². The lowest BCUT2D eigenvalue weighted by molar-refractivity contribution is 0.138. The first-order valence-corrected chi connectivity index (χ1v) is 7.52. The van der Waals surface area contributed by atoms with Gasteiger partial charge in [0.05, 0.1) is 0 Å². The largest absolute Gasteiger partial charge is 0.314 e. The van der Waals surface area contributed by atoms with Gasteiger partial charge in [0.25, 0.3) is 0 Å². The molecule has 1 aliphatic rings. The molecule has 0 spiro atoms. The fraction of sp³-hybridized carbons (Fsp3) is 1.00. The Kier molecular flexibility index (Phi) is 6.50. The summed E-state index contributed by atoms with van der Waals surface area (Å²) in [6, 6.07) is 1.42. The molecule has 0 heterocycles. The number of nitrogens with zero attached hydrogens (tertiary/aromatic N) is 1.